The molecule has 2 saturated heterocycles. The summed E-state index contributed by atoms with van der Waals surface area (Å²) in [4.78, 5) is 26.5. The Morgan fingerprint density at radius 3 is 2.60 bits per heavy atom. The van der Waals surface area contributed by atoms with E-state index in [1.54, 1.807) is 11.9 Å². The van der Waals surface area contributed by atoms with Crippen molar-refractivity contribution in [3.8, 4) is 0 Å². The number of hydrogen-bond acceptors (Lipinski definition) is 3. The molecule has 2 aliphatic rings. The minimum absolute atomic E-state index is 0.0363. The molecule has 0 saturated carbocycles. The molecule has 0 aliphatic carbocycles. The van der Waals surface area contributed by atoms with Crippen molar-refractivity contribution < 1.29 is 9.59 Å². The van der Waals surface area contributed by atoms with E-state index in [2.05, 4.69) is 10.6 Å². The summed E-state index contributed by atoms with van der Waals surface area (Å²) in [5, 5.41) is 5.86. The molecule has 0 aromatic rings. The summed E-state index contributed by atoms with van der Waals surface area (Å²) < 4.78 is 0. The van der Waals surface area contributed by atoms with Gasteiger partial charge in [-0.3, -0.25) is 4.79 Å². The van der Waals surface area contributed by atoms with Crippen LogP contribution in [0.25, 0.3) is 0 Å². The molecule has 84 valence electrons. The topological polar surface area (TPSA) is 64.7 Å². The van der Waals surface area contributed by atoms with Crippen LogP contribution < -0.4 is 10.6 Å². The number of carbonyl (C=O) groups excluding carboxylic acids is 2. The number of rotatable bonds is 1. The highest BCUT2D eigenvalue weighted by Crippen LogP contribution is 2.05. The van der Waals surface area contributed by atoms with Gasteiger partial charge in [0.15, 0.2) is 0 Å². The zero-order chi connectivity index (χ0) is 10.8. The lowest BCUT2D eigenvalue weighted by atomic mass is 10.2. The molecular weight excluding hydrogens is 196 g/mol. The summed E-state index contributed by atoms with van der Waals surface area (Å²) in [7, 11) is 1.69. The largest absolute Gasteiger partial charge is 0.338 e. The first-order valence-corrected chi connectivity index (χ1v) is 5.19. The number of piperazine rings is 1. The van der Waals surface area contributed by atoms with E-state index in [0.29, 0.717) is 6.54 Å². The van der Waals surface area contributed by atoms with Gasteiger partial charge < -0.3 is 20.4 Å². The minimum atomic E-state index is -0.361. The van der Waals surface area contributed by atoms with Crippen molar-refractivity contribution in [3.05, 3.63) is 0 Å². The Morgan fingerprint density at radius 1 is 1.40 bits per heavy atom. The van der Waals surface area contributed by atoms with Crippen molar-refractivity contribution in [3.63, 3.8) is 0 Å². The van der Waals surface area contributed by atoms with Crippen LogP contribution in [0.15, 0.2) is 0 Å². The molecule has 2 aliphatic heterocycles. The third kappa shape index (κ3) is 2.04. The molecule has 6 heteroatoms. The van der Waals surface area contributed by atoms with Gasteiger partial charge in [-0.2, -0.15) is 0 Å². The second-order valence-electron chi connectivity index (χ2n) is 3.96. The molecule has 2 heterocycles. The van der Waals surface area contributed by atoms with Gasteiger partial charge in [0.05, 0.1) is 6.54 Å². The molecule has 0 spiro atoms. The number of urea groups is 1. The van der Waals surface area contributed by atoms with Crippen LogP contribution in [-0.4, -0.2) is 67.6 Å². The van der Waals surface area contributed by atoms with Crippen LogP contribution in [0, 0.1) is 0 Å². The van der Waals surface area contributed by atoms with Gasteiger partial charge in [-0.25, -0.2) is 4.79 Å². The molecule has 3 amide bonds. The van der Waals surface area contributed by atoms with E-state index in [4.69, 9.17) is 0 Å². The highest BCUT2D eigenvalue weighted by molar-refractivity contribution is 5.90. The summed E-state index contributed by atoms with van der Waals surface area (Å²) in [6.07, 6.45) is 0. The second-order valence-corrected chi connectivity index (χ2v) is 3.96. The zero-order valence-electron chi connectivity index (χ0n) is 8.82. The highest BCUT2D eigenvalue weighted by Gasteiger charge is 2.34. The second kappa shape index (κ2) is 4.06. The highest BCUT2D eigenvalue weighted by atomic mass is 16.2. The van der Waals surface area contributed by atoms with Gasteiger partial charge in [0, 0.05) is 33.2 Å². The number of hydrogen-bond donors (Lipinski definition) is 2. The zero-order valence-corrected chi connectivity index (χ0v) is 8.82. The third-order valence-electron chi connectivity index (χ3n) is 2.83. The maximum Gasteiger partial charge on any atom is 0.317 e. The molecule has 0 aromatic carbocycles. The lowest BCUT2D eigenvalue weighted by Crippen LogP contribution is -2.52. The van der Waals surface area contributed by atoms with Gasteiger partial charge in [0.1, 0.15) is 6.04 Å². The first kappa shape index (κ1) is 10.2. The molecule has 0 aromatic heterocycles. The SMILES string of the molecule is CN1CC(C(=O)N2CCNCC2)NC1=O. The number of nitrogens with zero attached hydrogens (tertiary/aromatic N) is 2. The molecular formula is C9H16N4O2. The van der Waals surface area contributed by atoms with Gasteiger partial charge in [0.25, 0.3) is 0 Å². The molecule has 2 rings (SSSR count). The smallest absolute Gasteiger partial charge is 0.317 e. The average molecular weight is 212 g/mol. The van der Waals surface area contributed by atoms with Gasteiger partial charge in [-0.05, 0) is 0 Å². The first-order chi connectivity index (χ1) is 7.18. The van der Waals surface area contributed by atoms with Crippen LogP contribution in [0.5, 0.6) is 0 Å². The molecule has 1 unspecified atom stereocenters. The Bertz CT molecular complexity index is 275. The lowest BCUT2D eigenvalue weighted by molar-refractivity contribution is -0.133. The van der Waals surface area contributed by atoms with Crippen molar-refractivity contribution in [1.82, 2.24) is 20.4 Å². The summed E-state index contributed by atoms with van der Waals surface area (Å²) >= 11 is 0. The van der Waals surface area contributed by atoms with E-state index in [9.17, 15) is 9.59 Å². The maximum absolute atomic E-state index is 11.9. The molecule has 6 nitrogen and oxygen atoms in total. The van der Waals surface area contributed by atoms with E-state index < -0.39 is 0 Å². The normalized spacial score (nSPS) is 26.7. The van der Waals surface area contributed by atoms with E-state index in [-0.39, 0.29) is 18.0 Å². The van der Waals surface area contributed by atoms with E-state index in [0.717, 1.165) is 26.2 Å². The molecule has 0 radical (unpaired) electrons. The average Bonchev–Trinajstić information content (AvgIpc) is 2.59. The summed E-state index contributed by atoms with van der Waals surface area (Å²) in [6.45, 7) is 3.61. The Labute approximate surface area is 88.6 Å². The predicted octanol–water partition coefficient (Wildman–Crippen LogP) is -1.56. The number of amides is 3. The van der Waals surface area contributed by atoms with Crippen LogP contribution in [0.1, 0.15) is 0 Å². The Morgan fingerprint density at radius 2 is 2.07 bits per heavy atom. The van der Waals surface area contributed by atoms with Crippen LogP contribution in [0.4, 0.5) is 4.79 Å². The molecule has 1 atom stereocenters. The van der Waals surface area contributed by atoms with Crippen molar-refractivity contribution in [1.29, 1.82) is 0 Å². The predicted molar refractivity (Wildman–Crippen MR) is 54.4 cm³/mol. The van der Waals surface area contributed by atoms with Crippen LogP contribution in [0.3, 0.4) is 0 Å². The summed E-state index contributed by atoms with van der Waals surface area (Å²) in [5.74, 6) is 0.0363. The van der Waals surface area contributed by atoms with Crippen LogP contribution in [0.2, 0.25) is 0 Å². The van der Waals surface area contributed by atoms with E-state index in [1.807, 2.05) is 0 Å². The summed E-state index contributed by atoms with van der Waals surface area (Å²) in [6, 6.07) is -0.524. The summed E-state index contributed by atoms with van der Waals surface area (Å²) in [5.41, 5.74) is 0. The van der Waals surface area contributed by atoms with Crippen molar-refractivity contribution in [2.45, 2.75) is 6.04 Å². The van der Waals surface area contributed by atoms with Crippen molar-refractivity contribution in [2.75, 3.05) is 39.8 Å². The Kier molecular flexibility index (Phi) is 2.77. The molecule has 2 N–H and O–H groups in total. The molecule has 0 bridgehead atoms. The first-order valence-electron chi connectivity index (χ1n) is 5.19. The number of likely N-dealkylation sites (N-methyl/N-ethyl adjacent to an activating group) is 1. The quantitative estimate of drug-likeness (QED) is 0.552. The van der Waals surface area contributed by atoms with Gasteiger partial charge in [0.2, 0.25) is 5.91 Å². The van der Waals surface area contributed by atoms with Gasteiger partial charge in [-0.15, -0.1) is 0 Å². The minimum Gasteiger partial charge on any atom is -0.338 e. The fraction of sp³-hybridized carbons (Fsp3) is 0.778. The molecule has 15 heavy (non-hydrogen) atoms. The van der Waals surface area contributed by atoms with Crippen molar-refractivity contribution >= 4 is 11.9 Å². The van der Waals surface area contributed by atoms with Crippen LogP contribution in [-0.2, 0) is 4.79 Å². The van der Waals surface area contributed by atoms with E-state index in [1.165, 1.54) is 4.90 Å². The van der Waals surface area contributed by atoms with Gasteiger partial charge >= 0.3 is 6.03 Å². The fourth-order valence-corrected chi connectivity index (χ4v) is 1.91. The Hall–Kier alpha value is -1.30. The van der Waals surface area contributed by atoms with Crippen LogP contribution >= 0.6 is 0 Å². The standard InChI is InChI=1S/C9H16N4O2/c1-12-6-7(11-9(12)15)8(14)13-4-2-10-3-5-13/h7,10H,2-6H2,1H3,(H,11,15). The number of carbonyl (C=O) groups is 2. The lowest BCUT2D eigenvalue weighted by Gasteiger charge is -2.29. The monoisotopic (exact) mass is 212 g/mol. The fourth-order valence-electron chi connectivity index (χ4n) is 1.91. The van der Waals surface area contributed by atoms with E-state index >= 15 is 0 Å². The molecule has 2 fully saturated rings. The Balaban J connectivity index is 1.93. The maximum atomic E-state index is 11.9. The van der Waals surface area contributed by atoms with Gasteiger partial charge in [-0.1, -0.05) is 0 Å². The number of nitrogens with one attached hydrogen (secondary N) is 2. The van der Waals surface area contributed by atoms with Crippen molar-refractivity contribution in [2.24, 2.45) is 0 Å². The third-order valence-corrected chi connectivity index (χ3v) is 2.83.